The third-order valence-electron chi connectivity index (χ3n) is 2.33. The molecular weight excluding hydrogens is 326 g/mol. The number of nitrogens with one attached hydrogen (secondary N) is 2. The molecule has 2 aromatic carbocycles. The number of amides is 2. The van der Waals surface area contributed by atoms with Gasteiger partial charge in [0, 0.05) is 10.7 Å². The Bertz CT molecular complexity index is 641. The van der Waals surface area contributed by atoms with Gasteiger partial charge in [-0.05, 0) is 30.3 Å². The molecule has 104 valence electrons. The molecule has 0 fully saturated rings. The molecule has 0 radical (unpaired) electrons. The van der Waals surface area contributed by atoms with Crippen molar-refractivity contribution in [1.29, 1.82) is 0 Å². The van der Waals surface area contributed by atoms with Crippen LogP contribution in [0.3, 0.4) is 0 Å². The lowest BCUT2D eigenvalue weighted by atomic mass is 10.3. The van der Waals surface area contributed by atoms with Crippen LogP contribution in [0.4, 0.5) is 20.6 Å². The maximum atomic E-state index is 13.0. The number of anilines is 2. The number of benzene rings is 2. The van der Waals surface area contributed by atoms with E-state index in [4.69, 9.17) is 34.8 Å². The molecular formula is C13H8Cl3FN2O. The predicted molar refractivity (Wildman–Crippen MR) is 80.5 cm³/mol. The van der Waals surface area contributed by atoms with Crippen LogP contribution in [0.25, 0.3) is 0 Å². The van der Waals surface area contributed by atoms with Crippen LogP contribution in [0, 0.1) is 5.82 Å². The Kier molecular flexibility index (Phi) is 4.70. The monoisotopic (exact) mass is 332 g/mol. The highest BCUT2D eigenvalue weighted by atomic mass is 35.5. The second kappa shape index (κ2) is 6.31. The lowest BCUT2D eigenvalue weighted by Gasteiger charge is -2.11. The molecule has 0 aromatic heterocycles. The second-order valence-electron chi connectivity index (χ2n) is 3.83. The van der Waals surface area contributed by atoms with Crippen molar-refractivity contribution < 1.29 is 9.18 Å². The number of hydrogen-bond donors (Lipinski definition) is 2. The minimum absolute atomic E-state index is 0.205. The van der Waals surface area contributed by atoms with E-state index >= 15 is 0 Å². The second-order valence-corrected chi connectivity index (χ2v) is 5.08. The van der Waals surface area contributed by atoms with Gasteiger partial charge in [-0.3, -0.25) is 0 Å². The molecule has 3 nitrogen and oxygen atoms in total. The largest absolute Gasteiger partial charge is 0.323 e. The minimum atomic E-state index is -0.596. The van der Waals surface area contributed by atoms with E-state index in [1.165, 1.54) is 30.3 Å². The van der Waals surface area contributed by atoms with Gasteiger partial charge < -0.3 is 10.6 Å². The van der Waals surface area contributed by atoms with Crippen molar-refractivity contribution in [2.45, 2.75) is 0 Å². The summed E-state index contributed by atoms with van der Waals surface area (Å²) < 4.78 is 13.0. The van der Waals surface area contributed by atoms with Gasteiger partial charge >= 0.3 is 6.03 Å². The van der Waals surface area contributed by atoms with Crippen LogP contribution in [0.2, 0.25) is 15.1 Å². The van der Waals surface area contributed by atoms with E-state index in [9.17, 15) is 9.18 Å². The number of rotatable bonds is 2. The van der Waals surface area contributed by atoms with Crippen molar-refractivity contribution in [3.8, 4) is 0 Å². The number of carbonyl (C=O) groups excluding carboxylic acids is 1. The van der Waals surface area contributed by atoms with E-state index in [-0.39, 0.29) is 15.7 Å². The zero-order valence-corrected chi connectivity index (χ0v) is 12.2. The standard InChI is InChI=1S/C13H8Cl3FN2O/c14-7-4-10(15)12(11(16)5-7)19-13(20)18-9-3-1-2-8(17)6-9/h1-6H,(H2,18,19,20). The smallest absolute Gasteiger partial charge is 0.308 e. The molecule has 0 aliphatic rings. The van der Waals surface area contributed by atoms with Crippen LogP contribution >= 0.6 is 34.8 Å². The molecule has 2 N–H and O–H groups in total. The zero-order chi connectivity index (χ0) is 14.7. The van der Waals surface area contributed by atoms with E-state index in [1.54, 1.807) is 6.07 Å². The first-order chi connectivity index (χ1) is 9.45. The fraction of sp³-hybridized carbons (Fsp3) is 0. The topological polar surface area (TPSA) is 41.1 Å². The van der Waals surface area contributed by atoms with Crippen LogP contribution in [-0.2, 0) is 0 Å². The lowest BCUT2D eigenvalue weighted by Crippen LogP contribution is -2.19. The van der Waals surface area contributed by atoms with Crippen molar-refractivity contribution >= 4 is 52.2 Å². The van der Waals surface area contributed by atoms with Crippen molar-refractivity contribution in [1.82, 2.24) is 0 Å². The summed E-state index contributed by atoms with van der Waals surface area (Å²) in [5.41, 5.74) is 0.537. The summed E-state index contributed by atoms with van der Waals surface area (Å²) >= 11 is 17.6. The molecule has 20 heavy (non-hydrogen) atoms. The summed E-state index contributed by atoms with van der Waals surface area (Å²) in [6.45, 7) is 0. The van der Waals surface area contributed by atoms with Gasteiger partial charge in [-0.2, -0.15) is 0 Å². The zero-order valence-electron chi connectivity index (χ0n) is 9.88. The van der Waals surface area contributed by atoms with Gasteiger partial charge in [-0.25, -0.2) is 9.18 Å². The molecule has 0 bridgehead atoms. The Morgan fingerprint density at radius 1 is 1.00 bits per heavy atom. The molecule has 0 aliphatic carbocycles. The summed E-state index contributed by atoms with van der Waals surface area (Å²) in [6, 6.07) is 7.79. The Hall–Kier alpha value is -1.49. The number of carbonyl (C=O) groups is 1. The van der Waals surface area contributed by atoms with Gasteiger partial charge in [0.1, 0.15) is 5.82 Å². The Labute approximate surface area is 129 Å². The fourth-order valence-electron chi connectivity index (χ4n) is 1.50. The average Bonchev–Trinajstić information content (AvgIpc) is 2.33. The molecule has 2 amide bonds. The number of urea groups is 1. The normalized spacial score (nSPS) is 10.2. The SMILES string of the molecule is O=C(Nc1cccc(F)c1)Nc1c(Cl)cc(Cl)cc1Cl. The number of halogens is 4. The van der Waals surface area contributed by atoms with Gasteiger partial charge in [-0.1, -0.05) is 40.9 Å². The first-order valence-corrected chi connectivity index (χ1v) is 6.57. The third kappa shape index (κ3) is 3.76. The average molecular weight is 334 g/mol. The number of hydrogen-bond acceptors (Lipinski definition) is 1. The third-order valence-corrected chi connectivity index (χ3v) is 3.14. The Morgan fingerprint density at radius 3 is 2.25 bits per heavy atom. The van der Waals surface area contributed by atoms with Crippen LogP contribution in [0.15, 0.2) is 36.4 Å². The first-order valence-electron chi connectivity index (χ1n) is 5.44. The fourth-order valence-corrected chi connectivity index (χ4v) is 2.42. The van der Waals surface area contributed by atoms with Gasteiger partial charge in [0.15, 0.2) is 0 Å². The molecule has 0 unspecified atom stereocenters. The highest BCUT2D eigenvalue weighted by Gasteiger charge is 2.11. The molecule has 0 saturated heterocycles. The highest BCUT2D eigenvalue weighted by Crippen LogP contribution is 2.33. The first kappa shape index (κ1) is 14.9. The maximum Gasteiger partial charge on any atom is 0.323 e. The van der Waals surface area contributed by atoms with Crippen molar-refractivity contribution in [3.05, 3.63) is 57.3 Å². The summed E-state index contributed by atoms with van der Waals surface area (Å²) in [5, 5.41) is 5.71. The van der Waals surface area contributed by atoms with E-state index in [2.05, 4.69) is 10.6 Å². The summed E-state index contributed by atoms with van der Waals surface area (Å²) in [6.07, 6.45) is 0. The predicted octanol–water partition coefficient (Wildman–Crippen LogP) is 5.43. The molecule has 0 saturated carbocycles. The minimum Gasteiger partial charge on any atom is -0.308 e. The molecule has 0 spiro atoms. The van der Waals surface area contributed by atoms with E-state index < -0.39 is 11.8 Å². The van der Waals surface area contributed by atoms with E-state index in [0.717, 1.165) is 0 Å². The Morgan fingerprint density at radius 2 is 1.65 bits per heavy atom. The molecule has 0 heterocycles. The summed E-state index contributed by atoms with van der Waals surface area (Å²) in [7, 11) is 0. The van der Waals surface area contributed by atoms with E-state index in [0.29, 0.717) is 10.7 Å². The molecule has 0 atom stereocenters. The lowest BCUT2D eigenvalue weighted by molar-refractivity contribution is 0.262. The highest BCUT2D eigenvalue weighted by molar-refractivity contribution is 6.42. The van der Waals surface area contributed by atoms with Gasteiger partial charge in [0.05, 0.1) is 15.7 Å². The van der Waals surface area contributed by atoms with Crippen molar-refractivity contribution in [2.75, 3.05) is 10.6 Å². The van der Waals surface area contributed by atoms with Crippen LogP contribution in [0.1, 0.15) is 0 Å². The summed E-state index contributed by atoms with van der Waals surface area (Å²) in [4.78, 5) is 11.8. The van der Waals surface area contributed by atoms with Crippen molar-refractivity contribution in [3.63, 3.8) is 0 Å². The van der Waals surface area contributed by atoms with Crippen LogP contribution in [-0.4, -0.2) is 6.03 Å². The van der Waals surface area contributed by atoms with Gasteiger partial charge in [0.2, 0.25) is 0 Å². The molecule has 2 rings (SSSR count). The van der Waals surface area contributed by atoms with Crippen LogP contribution < -0.4 is 10.6 Å². The Balaban J connectivity index is 2.13. The molecule has 0 aliphatic heterocycles. The van der Waals surface area contributed by atoms with Gasteiger partial charge in [-0.15, -0.1) is 0 Å². The maximum absolute atomic E-state index is 13.0. The van der Waals surface area contributed by atoms with Gasteiger partial charge in [0.25, 0.3) is 0 Å². The van der Waals surface area contributed by atoms with E-state index in [1.807, 2.05) is 0 Å². The summed E-state index contributed by atoms with van der Waals surface area (Å²) in [5.74, 6) is -0.453. The molecule has 2 aromatic rings. The molecule has 7 heteroatoms. The van der Waals surface area contributed by atoms with Crippen molar-refractivity contribution in [2.24, 2.45) is 0 Å². The van der Waals surface area contributed by atoms with Crippen LogP contribution in [0.5, 0.6) is 0 Å². The quantitative estimate of drug-likeness (QED) is 0.756.